The van der Waals surface area contributed by atoms with Crippen LogP contribution in [0.2, 0.25) is 0 Å². The third kappa shape index (κ3) is 3.01. The van der Waals surface area contributed by atoms with Gasteiger partial charge < -0.3 is 14.6 Å². The first-order valence-corrected chi connectivity index (χ1v) is 6.08. The van der Waals surface area contributed by atoms with E-state index in [1.807, 2.05) is 67.6 Å². The standard InChI is InChI=1S/C16H16O3/c1-16(19-12-15(17)18,13-8-4-2-5-9-13)14-10-6-3-7-11-14/h2-11H,12H2,1H3,(H,17,18)/p-1. The summed E-state index contributed by atoms with van der Waals surface area (Å²) in [6.45, 7) is 1.42. The summed E-state index contributed by atoms with van der Waals surface area (Å²) in [6.07, 6.45) is 0. The van der Waals surface area contributed by atoms with Crippen molar-refractivity contribution in [2.75, 3.05) is 6.61 Å². The average Bonchev–Trinajstić information content (AvgIpc) is 2.46. The van der Waals surface area contributed by atoms with E-state index >= 15 is 0 Å². The third-order valence-corrected chi connectivity index (χ3v) is 3.13. The second-order valence-electron chi connectivity index (χ2n) is 4.43. The van der Waals surface area contributed by atoms with Gasteiger partial charge in [-0.05, 0) is 18.1 Å². The molecule has 2 rings (SSSR count). The van der Waals surface area contributed by atoms with Crippen molar-refractivity contribution >= 4 is 5.97 Å². The normalized spacial score (nSPS) is 11.2. The van der Waals surface area contributed by atoms with Crippen LogP contribution >= 0.6 is 0 Å². The Hall–Kier alpha value is -2.13. The first-order chi connectivity index (χ1) is 9.13. The fraction of sp³-hybridized carbons (Fsp3) is 0.188. The Balaban J connectivity index is 2.41. The van der Waals surface area contributed by atoms with Crippen LogP contribution in [0.25, 0.3) is 0 Å². The first-order valence-electron chi connectivity index (χ1n) is 6.08. The van der Waals surface area contributed by atoms with Crippen LogP contribution in [0, 0.1) is 0 Å². The molecule has 2 aromatic rings. The molecule has 0 fully saturated rings. The molecule has 3 nitrogen and oxygen atoms in total. The van der Waals surface area contributed by atoms with E-state index in [2.05, 4.69) is 0 Å². The number of aliphatic carboxylic acids is 1. The molecule has 19 heavy (non-hydrogen) atoms. The molecule has 0 bridgehead atoms. The summed E-state index contributed by atoms with van der Waals surface area (Å²) in [4.78, 5) is 10.7. The number of carbonyl (C=O) groups excluding carboxylic acids is 1. The minimum absolute atomic E-state index is 0.444. The highest BCUT2D eigenvalue weighted by atomic mass is 16.5. The van der Waals surface area contributed by atoms with Crippen LogP contribution in [-0.4, -0.2) is 12.6 Å². The quantitative estimate of drug-likeness (QED) is 0.817. The number of ether oxygens (including phenoxy) is 1. The summed E-state index contributed by atoms with van der Waals surface area (Å²) in [5, 5.41) is 10.7. The maximum atomic E-state index is 10.7. The van der Waals surface area contributed by atoms with Gasteiger partial charge in [-0.2, -0.15) is 0 Å². The van der Waals surface area contributed by atoms with Gasteiger partial charge >= 0.3 is 0 Å². The Morgan fingerprint density at radius 1 is 1.00 bits per heavy atom. The van der Waals surface area contributed by atoms with Crippen molar-refractivity contribution in [2.24, 2.45) is 0 Å². The highest BCUT2D eigenvalue weighted by molar-refractivity contribution is 5.65. The number of hydrogen-bond donors (Lipinski definition) is 0. The summed E-state index contributed by atoms with van der Waals surface area (Å²) in [5.74, 6) is -1.22. The van der Waals surface area contributed by atoms with Crippen molar-refractivity contribution in [3.05, 3.63) is 71.8 Å². The molecule has 0 atom stereocenters. The zero-order chi connectivity index (χ0) is 13.7. The molecular formula is C16H15O3-. The van der Waals surface area contributed by atoms with Gasteiger partial charge in [0.1, 0.15) is 5.60 Å². The van der Waals surface area contributed by atoms with Crippen LogP contribution in [0.15, 0.2) is 60.7 Å². The van der Waals surface area contributed by atoms with Gasteiger partial charge in [0.2, 0.25) is 0 Å². The lowest BCUT2D eigenvalue weighted by Gasteiger charge is -2.31. The molecule has 0 aliphatic heterocycles. The maximum Gasteiger partial charge on any atom is 0.116 e. The first kappa shape index (κ1) is 13.3. The van der Waals surface area contributed by atoms with Crippen LogP contribution in [0.3, 0.4) is 0 Å². The molecule has 0 unspecified atom stereocenters. The number of carboxylic acid groups (broad SMARTS) is 1. The Kier molecular flexibility index (Phi) is 3.97. The highest BCUT2D eigenvalue weighted by Gasteiger charge is 2.29. The van der Waals surface area contributed by atoms with Gasteiger partial charge in [0, 0.05) is 0 Å². The Labute approximate surface area is 112 Å². The van der Waals surface area contributed by atoms with Crippen LogP contribution in [-0.2, 0) is 15.1 Å². The predicted molar refractivity (Wildman–Crippen MR) is 70.3 cm³/mol. The highest BCUT2D eigenvalue weighted by Crippen LogP contribution is 2.32. The molecule has 0 aliphatic carbocycles. The van der Waals surface area contributed by atoms with Crippen molar-refractivity contribution in [3.63, 3.8) is 0 Å². The molecule has 0 spiro atoms. The van der Waals surface area contributed by atoms with E-state index in [9.17, 15) is 9.90 Å². The van der Waals surface area contributed by atoms with Crippen LogP contribution in [0.4, 0.5) is 0 Å². The fourth-order valence-corrected chi connectivity index (χ4v) is 2.05. The molecule has 0 saturated carbocycles. The van der Waals surface area contributed by atoms with Crippen LogP contribution < -0.4 is 5.11 Å². The molecule has 0 amide bonds. The summed E-state index contributed by atoms with van der Waals surface area (Å²) in [7, 11) is 0. The van der Waals surface area contributed by atoms with Gasteiger partial charge in [-0.25, -0.2) is 0 Å². The Bertz CT molecular complexity index is 495. The van der Waals surface area contributed by atoms with E-state index < -0.39 is 18.2 Å². The number of hydrogen-bond acceptors (Lipinski definition) is 3. The van der Waals surface area contributed by atoms with Gasteiger partial charge in [0.15, 0.2) is 0 Å². The molecule has 0 heterocycles. The lowest BCUT2D eigenvalue weighted by atomic mass is 9.88. The van der Waals surface area contributed by atoms with E-state index in [4.69, 9.17) is 4.74 Å². The van der Waals surface area contributed by atoms with Gasteiger partial charge in [0.25, 0.3) is 0 Å². The molecule has 98 valence electrons. The zero-order valence-corrected chi connectivity index (χ0v) is 10.7. The summed E-state index contributed by atoms with van der Waals surface area (Å²) >= 11 is 0. The number of benzene rings is 2. The van der Waals surface area contributed by atoms with E-state index in [0.29, 0.717) is 0 Å². The lowest BCUT2D eigenvalue weighted by Crippen LogP contribution is -2.35. The van der Waals surface area contributed by atoms with Crippen LogP contribution in [0.1, 0.15) is 18.1 Å². The lowest BCUT2D eigenvalue weighted by molar-refractivity contribution is -0.311. The minimum atomic E-state index is -1.22. The predicted octanol–water partition coefficient (Wildman–Crippen LogP) is 1.72. The second-order valence-corrected chi connectivity index (χ2v) is 4.43. The molecule has 2 aromatic carbocycles. The van der Waals surface area contributed by atoms with E-state index in [1.165, 1.54) is 0 Å². The number of rotatable bonds is 5. The van der Waals surface area contributed by atoms with E-state index in [0.717, 1.165) is 11.1 Å². The zero-order valence-electron chi connectivity index (χ0n) is 10.7. The number of carbonyl (C=O) groups is 1. The smallest absolute Gasteiger partial charge is 0.116 e. The van der Waals surface area contributed by atoms with Crippen LogP contribution in [0.5, 0.6) is 0 Å². The van der Waals surface area contributed by atoms with Crippen molar-refractivity contribution < 1.29 is 14.6 Å². The van der Waals surface area contributed by atoms with Crippen molar-refractivity contribution in [3.8, 4) is 0 Å². The largest absolute Gasteiger partial charge is 0.548 e. The van der Waals surface area contributed by atoms with Gasteiger partial charge in [-0.3, -0.25) is 0 Å². The molecule has 0 N–H and O–H groups in total. The minimum Gasteiger partial charge on any atom is -0.548 e. The van der Waals surface area contributed by atoms with E-state index in [1.54, 1.807) is 0 Å². The molecule has 0 radical (unpaired) electrons. The van der Waals surface area contributed by atoms with Crippen molar-refractivity contribution in [1.29, 1.82) is 0 Å². The molecule has 0 saturated heterocycles. The average molecular weight is 255 g/mol. The van der Waals surface area contributed by atoms with E-state index in [-0.39, 0.29) is 0 Å². The van der Waals surface area contributed by atoms with Gasteiger partial charge in [-0.1, -0.05) is 60.7 Å². The second kappa shape index (κ2) is 5.67. The van der Waals surface area contributed by atoms with Gasteiger partial charge in [0.05, 0.1) is 12.6 Å². The topological polar surface area (TPSA) is 49.4 Å². The summed E-state index contributed by atoms with van der Waals surface area (Å²) in [6, 6.07) is 19.1. The fourth-order valence-electron chi connectivity index (χ4n) is 2.05. The molecule has 0 aliphatic rings. The molecule has 0 aromatic heterocycles. The van der Waals surface area contributed by atoms with Gasteiger partial charge in [-0.15, -0.1) is 0 Å². The Morgan fingerprint density at radius 3 is 1.79 bits per heavy atom. The molecular weight excluding hydrogens is 240 g/mol. The maximum absolute atomic E-state index is 10.7. The number of carboxylic acids is 1. The SMILES string of the molecule is CC(OCC(=O)[O-])(c1ccccc1)c1ccccc1. The summed E-state index contributed by atoms with van der Waals surface area (Å²) < 4.78 is 5.60. The molecule has 3 heteroatoms. The monoisotopic (exact) mass is 255 g/mol. The summed E-state index contributed by atoms with van der Waals surface area (Å²) in [5.41, 5.74) is 1.01. The Morgan fingerprint density at radius 2 is 1.42 bits per heavy atom. The van der Waals surface area contributed by atoms with Crippen molar-refractivity contribution in [2.45, 2.75) is 12.5 Å². The van der Waals surface area contributed by atoms with Crippen molar-refractivity contribution in [1.82, 2.24) is 0 Å². The third-order valence-electron chi connectivity index (χ3n) is 3.13.